The summed E-state index contributed by atoms with van der Waals surface area (Å²) in [5.74, 6) is 7.45. The fraction of sp³-hybridized carbons (Fsp3) is 0.267. The van der Waals surface area contributed by atoms with Crippen molar-refractivity contribution in [3.05, 3.63) is 41.7 Å². The number of nitrogens with one attached hydrogen (secondary N) is 2. The number of nitrogens with zero attached hydrogens (tertiary/aromatic N) is 3. The number of anilines is 3. The highest BCUT2D eigenvalue weighted by Crippen LogP contribution is 2.18. The molecule has 1 aromatic carbocycles. The second-order valence-electron chi connectivity index (χ2n) is 4.61. The number of nitrogen functional groups attached to an aromatic ring is 1. The monoisotopic (exact) mass is 282 g/mol. The number of hydrogen-bond donors (Lipinski definition) is 3. The normalized spacial score (nSPS) is 9.95. The van der Waals surface area contributed by atoms with Crippen LogP contribution in [0, 0.1) is 11.3 Å². The lowest BCUT2D eigenvalue weighted by Gasteiger charge is -2.09. The van der Waals surface area contributed by atoms with Gasteiger partial charge in [-0.1, -0.05) is 19.1 Å². The van der Waals surface area contributed by atoms with E-state index in [-0.39, 0.29) is 0 Å². The lowest BCUT2D eigenvalue weighted by molar-refractivity contribution is 0.837. The van der Waals surface area contributed by atoms with E-state index < -0.39 is 0 Å². The predicted octanol–water partition coefficient (Wildman–Crippen LogP) is 2.52. The number of hydrogen-bond acceptors (Lipinski definition) is 6. The Morgan fingerprint density at radius 1 is 1.19 bits per heavy atom. The molecule has 0 aliphatic heterocycles. The molecule has 0 atom stereocenters. The Balaban J connectivity index is 2.18. The van der Waals surface area contributed by atoms with Gasteiger partial charge in [-0.3, -0.25) is 0 Å². The van der Waals surface area contributed by atoms with E-state index in [0.717, 1.165) is 29.9 Å². The Labute approximate surface area is 124 Å². The molecule has 0 aliphatic carbocycles. The first-order chi connectivity index (χ1) is 10.2. The summed E-state index contributed by atoms with van der Waals surface area (Å²) in [6.07, 6.45) is 2.18. The van der Waals surface area contributed by atoms with Crippen molar-refractivity contribution < 1.29 is 0 Å². The molecule has 108 valence electrons. The molecule has 2 aromatic rings. The van der Waals surface area contributed by atoms with Crippen LogP contribution in [0.15, 0.2) is 30.3 Å². The van der Waals surface area contributed by atoms with Crippen LogP contribution in [0.1, 0.15) is 24.7 Å². The van der Waals surface area contributed by atoms with Gasteiger partial charge in [-0.25, -0.2) is 15.8 Å². The van der Waals surface area contributed by atoms with Crippen LogP contribution in [0.5, 0.6) is 0 Å². The third-order valence-electron chi connectivity index (χ3n) is 2.90. The number of rotatable bonds is 6. The molecular formula is C15H18N6. The smallest absolute Gasteiger partial charge is 0.145 e. The van der Waals surface area contributed by atoms with Gasteiger partial charge in [0.05, 0.1) is 12.5 Å². The van der Waals surface area contributed by atoms with Crippen LogP contribution < -0.4 is 16.6 Å². The van der Waals surface area contributed by atoms with Crippen LogP contribution in [0.25, 0.3) is 0 Å². The van der Waals surface area contributed by atoms with Gasteiger partial charge in [0.15, 0.2) is 0 Å². The second-order valence-corrected chi connectivity index (χ2v) is 4.61. The van der Waals surface area contributed by atoms with Gasteiger partial charge in [0.1, 0.15) is 17.5 Å². The van der Waals surface area contributed by atoms with Gasteiger partial charge in [-0.2, -0.15) is 5.26 Å². The van der Waals surface area contributed by atoms with Gasteiger partial charge in [0.25, 0.3) is 0 Å². The molecule has 21 heavy (non-hydrogen) atoms. The Bertz CT molecular complexity index is 630. The Morgan fingerprint density at radius 3 is 2.52 bits per heavy atom. The molecule has 0 bridgehead atoms. The SMILES string of the molecule is CCCc1nc(NN)cc(Nc2ccc(CC#N)cc2)n1. The molecule has 2 rings (SSSR count). The first kappa shape index (κ1) is 14.8. The van der Waals surface area contributed by atoms with Crippen LogP contribution in [0.3, 0.4) is 0 Å². The van der Waals surface area contributed by atoms with Crippen LogP contribution in [-0.2, 0) is 12.8 Å². The molecular weight excluding hydrogens is 264 g/mol. The second kappa shape index (κ2) is 7.22. The summed E-state index contributed by atoms with van der Waals surface area (Å²) < 4.78 is 0. The molecule has 0 fully saturated rings. The van der Waals surface area contributed by atoms with Crippen molar-refractivity contribution in [2.45, 2.75) is 26.2 Å². The minimum atomic E-state index is 0.412. The van der Waals surface area contributed by atoms with Crippen molar-refractivity contribution in [1.29, 1.82) is 5.26 Å². The molecule has 0 aliphatic rings. The summed E-state index contributed by atoms with van der Waals surface area (Å²) in [5, 5.41) is 11.9. The van der Waals surface area contributed by atoms with Crippen LogP contribution in [0.2, 0.25) is 0 Å². The lowest BCUT2D eigenvalue weighted by atomic mass is 10.1. The van der Waals surface area contributed by atoms with Crippen LogP contribution >= 0.6 is 0 Å². The topological polar surface area (TPSA) is 99.6 Å². The molecule has 4 N–H and O–H groups in total. The summed E-state index contributed by atoms with van der Waals surface area (Å²) in [6.45, 7) is 2.08. The summed E-state index contributed by atoms with van der Waals surface area (Å²) in [5.41, 5.74) is 4.44. The van der Waals surface area contributed by atoms with E-state index in [0.29, 0.717) is 18.1 Å². The number of hydrazine groups is 1. The summed E-state index contributed by atoms with van der Waals surface area (Å²) in [7, 11) is 0. The molecule has 0 unspecified atom stereocenters. The fourth-order valence-electron chi connectivity index (χ4n) is 1.92. The first-order valence-corrected chi connectivity index (χ1v) is 6.82. The highest BCUT2D eigenvalue weighted by Gasteiger charge is 2.04. The maximum Gasteiger partial charge on any atom is 0.145 e. The van der Waals surface area contributed by atoms with E-state index in [1.54, 1.807) is 6.07 Å². The zero-order valence-electron chi connectivity index (χ0n) is 11.9. The minimum absolute atomic E-state index is 0.412. The van der Waals surface area contributed by atoms with E-state index >= 15 is 0 Å². The fourth-order valence-corrected chi connectivity index (χ4v) is 1.92. The molecule has 0 amide bonds. The maximum atomic E-state index is 8.66. The Hall–Kier alpha value is -2.65. The van der Waals surface area contributed by atoms with Crippen molar-refractivity contribution in [2.24, 2.45) is 5.84 Å². The highest BCUT2D eigenvalue weighted by atomic mass is 15.3. The standard InChI is InChI=1S/C15H18N6/c1-2-3-13-19-14(10-15(20-13)21-17)18-12-6-4-11(5-7-12)8-9-16/h4-7,10H,2-3,8,17H2,1H3,(H2,18,19,20,21). The number of benzene rings is 1. The van der Waals surface area contributed by atoms with Crippen LogP contribution in [0.4, 0.5) is 17.3 Å². The van der Waals surface area contributed by atoms with Crippen molar-refractivity contribution in [3.63, 3.8) is 0 Å². The van der Waals surface area contributed by atoms with E-state index in [1.807, 2.05) is 24.3 Å². The van der Waals surface area contributed by atoms with Crippen molar-refractivity contribution in [1.82, 2.24) is 9.97 Å². The van der Waals surface area contributed by atoms with Gasteiger partial charge in [-0.05, 0) is 24.1 Å². The van der Waals surface area contributed by atoms with E-state index in [1.165, 1.54) is 0 Å². The van der Waals surface area contributed by atoms with Gasteiger partial charge in [0.2, 0.25) is 0 Å². The Kier molecular flexibility index (Phi) is 5.07. The quantitative estimate of drug-likeness (QED) is 0.556. The molecule has 0 saturated heterocycles. The number of aryl methyl sites for hydroxylation is 1. The lowest BCUT2D eigenvalue weighted by Crippen LogP contribution is -2.11. The maximum absolute atomic E-state index is 8.66. The number of nitrogens with two attached hydrogens (primary N) is 1. The molecule has 0 saturated carbocycles. The van der Waals surface area contributed by atoms with E-state index in [9.17, 15) is 0 Å². The summed E-state index contributed by atoms with van der Waals surface area (Å²) in [6, 6.07) is 11.6. The average molecular weight is 282 g/mol. The van der Waals surface area contributed by atoms with Gasteiger partial charge in [0, 0.05) is 18.2 Å². The first-order valence-electron chi connectivity index (χ1n) is 6.82. The molecule has 6 heteroatoms. The van der Waals surface area contributed by atoms with Crippen molar-refractivity contribution in [3.8, 4) is 6.07 Å². The van der Waals surface area contributed by atoms with E-state index in [2.05, 4.69) is 33.7 Å². The zero-order chi connectivity index (χ0) is 15.1. The largest absolute Gasteiger partial charge is 0.340 e. The van der Waals surface area contributed by atoms with Gasteiger partial charge < -0.3 is 10.7 Å². The number of aromatic nitrogens is 2. The highest BCUT2D eigenvalue weighted by molar-refractivity contribution is 5.59. The number of nitriles is 1. The minimum Gasteiger partial charge on any atom is -0.340 e. The molecule has 1 aromatic heterocycles. The van der Waals surface area contributed by atoms with Crippen molar-refractivity contribution >= 4 is 17.3 Å². The molecule has 6 nitrogen and oxygen atoms in total. The van der Waals surface area contributed by atoms with Gasteiger partial charge >= 0.3 is 0 Å². The molecule has 0 radical (unpaired) electrons. The zero-order valence-corrected chi connectivity index (χ0v) is 11.9. The average Bonchev–Trinajstić information content (AvgIpc) is 2.49. The third-order valence-corrected chi connectivity index (χ3v) is 2.90. The molecule has 0 spiro atoms. The van der Waals surface area contributed by atoms with Crippen molar-refractivity contribution in [2.75, 3.05) is 10.7 Å². The van der Waals surface area contributed by atoms with Crippen LogP contribution in [-0.4, -0.2) is 9.97 Å². The third kappa shape index (κ3) is 4.16. The summed E-state index contributed by atoms with van der Waals surface area (Å²) in [4.78, 5) is 8.75. The van der Waals surface area contributed by atoms with Gasteiger partial charge in [-0.15, -0.1) is 0 Å². The Morgan fingerprint density at radius 2 is 1.90 bits per heavy atom. The van der Waals surface area contributed by atoms with E-state index in [4.69, 9.17) is 11.1 Å². The summed E-state index contributed by atoms with van der Waals surface area (Å²) >= 11 is 0. The molecule has 1 heterocycles. The predicted molar refractivity (Wildman–Crippen MR) is 82.9 cm³/mol.